The molecule has 0 fully saturated rings. The fraction of sp³-hybridized carbons (Fsp3) is 0.333. The second kappa shape index (κ2) is 6.51. The number of anilines is 1. The molecule has 0 radical (unpaired) electrons. The van der Waals surface area contributed by atoms with Gasteiger partial charge in [0, 0.05) is 16.8 Å². The van der Waals surface area contributed by atoms with Crippen LogP contribution in [0.25, 0.3) is 0 Å². The Labute approximate surface area is 121 Å². The summed E-state index contributed by atoms with van der Waals surface area (Å²) in [6, 6.07) is 3.41. The van der Waals surface area contributed by atoms with Crippen molar-refractivity contribution in [2.45, 2.75) is 24.8 Å². The summed E-state index contributed by atoms with van der Waals surface area (Å²) < 4.78 is 27.2. The molecule has 0 saturated heterocycles. The van der Waals surface area contributed by atoms with E-state index in [4.69, 9.17) is 0 Å². The molecule has 0 spiro atoms. The van der Waals surface area contributed by atoms with Gasteiger partial charge in [-0.3, -0.25) is 4.72 Å². The molecule has 4 nitrogen and oxygen atoms in total. The van der Waals surface area contributed by atoms with E-state index in [9.17, 15) is 8.42 Å². The van der Waals surface area contributed by atoms with Crippen molar-refractivity contribution >= 4 is 38.4 Å². The molecule has 104 valence electrons. The highest BCUT2D eigenvalue weighted by Crippen LogP contribution is 2.25. The number of nitrogens with one attached hydrogen (secondary N) is 2. The van der Waals surface area contributed by atoms with Gasteiger partial charge in [0.2, 0.25) is 0 Å². The van der Waals surface area contributed by atoms with Crippen molar-refractivity contribution in [3.63, 3.8) is 0 Å². The number of rotatable bonds is 7. The van der Waals surface area contributed by atoms with Crippen molar-refractivity contribution in [2.75, 3.05) is 11.3 Å². The first-order valence-electron chi connectivity index (χ1n) is 5.95. The van der Waals surface area contributed by atoms with Gasteiger partial charge in [0.25, 0.3) is 10.0 Å². The van der Waals surface area contributed by atoms with E-state index in [0.29, 0.717) is 17.1 Å². The van der Waals surface area contributed by atoms with Crippen LogP contribution in [0, 0.1) is 0 Å². The lowest BCUT2D eigenvalue weighted by Gasteiger charge is -2.08. The van der Waals surface area contributed by atoms with Crippen LogP contribution < -0.4 is 10.0 Å². The van der Waals surface area contributed by atoms with Crippen LogP contribution in [0.3, 0.4) is 0 Å². The smallest absolute Gasteiger partial charge is 0.263 e. The van der Waals surface area contributed by atoms with Crippen LogP contribution >= 0.6 is 22.7 Å². The van der Waals surface area contributed by atoms with Gasteiger partial charge in [-0.25, -0.2) is 8.42 Å². The van der Waals surface area contributed by atoms with Gasteiger partial charge in [-0.2, -0.15) is 11.3 Å². The van der Waals surface area contributed by atoms with Crippen LogP contribution in [-0.2, 0) is 16.6 Å². The van der Waals surface area contributed by atoms with Crippen LogP contribution in [0.15, 0.2) is 33.2 Å². The lowest BCUT2D eigenvalue weighted by Crippen LogP contribution is -2.17. The Hall–Kier alpha value is -0.890. The van der Waals surface area contributed by atoms with E-state index < -0.39 is 10.0 Å². The standard InChI is InChI=1S/C12H16N2O2S3/c1-2-5-13-8-11-12(4-7-18-11)19(15,16)14-10-3-6-17-9-10/h3-4,6-7,9,13-14H,2,5,8H2,1H3. The molecule has 0 aliphatic carbocycles. The van der Waals surface area contributed by atoms with Gasteiger partial charge in [-0.05, 0) is 35.9 Å². The number of thiophene rings is 2. The van der Waals surface area contributed by atoms with Gasteiger partial charge >= 0.3 is 0 Å². The summed E-state index contributed by atoms with van der Waals surface area (Å²) >= 11 is 2.92. The zero-order chi connectivity index (χ0) is 13.7. The molecule has 0 atom stereocenters. The minimum Gasteiger partial charge on any atom is -0.312 e. The maximum absolute atomic E-state index is 12.3. The number of sulfonamides is 1. The van der Waals surface area contributed by atoms with Gasteiger partial charge in [-0.1, -0.05) is 6.92 Å². The lowest BCUT2D eigenvalue weighted by molar-refractivity contribution is 0.599. The molecule has 0 aliphatic rings. The molecule has 0 saturated carbocycles. The van der Waals surface area contributed by atoms with Crippen LogP contribution in [0.4, 0.5) is 5.69 Å². The minimum atomic E-state index is -3.48. The van der Waals surface area contributed by atoms with Crippen molar-refractivity contribution in [3.8, 4) is 0 Å². The van der Waals surface area contributed by atoms with E-state index in [1.54, 1.807) is 17.5 Å². The fourth-order valence-corrected chi connectivity index (χ4v) is 4.73. The van der Waals surface area contributed by atoms with E-state index in [1.807, 2.05) is 10.8 Å². The maximum Gasteiger partial charge on any atom is 0.263 e. The minimum absolute atomic E-state index is 0.368. The molecule has 2 heterocycles. The zero-order valence-corrected chi connectivity index (χ0v) is 13.0. The first-order chi connectivity index (χ1) is 9.13. The predicted molar refractivity (Wildman–Crippen MR) is 81.4 cm³/mol. The molecule has 2 aromatic rings. The summed E-state index contributed by atoms with van der Waals surface area (Å²) in [5, 5.41) is 8.66. The highest BCUT2D eigenvalue weighted by molar-refractivity contribution is 7.93. The average molecular weight is 316 g/mol. The number of hydrogen-bond donors (Lipinski definition) is 2. The van der Waals surface area contributed by atoms with E-state index in [1.165, 1.54) is 22.7 Å². The molecule has 2 aromatic heterocycles. The first kappa shape index (κ1) is 14.5. The second-order valence-electron chi connectivity index (χ2n) is 4.00. The summed E-state index contributed by atoms with van der Waals surface area (Å²) in [6.07, 6.45) is 1.03. The second-order valence-corrected chi connectivity index (χ2v) is 7.43. The summed E-state index contributed by atoms with van der Waals surface area (Å²) in [5.74, 6) is 0. The predicted octanol–water partition coefficient (Wildman–Crippen LogP) is 3.11. The molecule has 19 heavy (non-hydrogen) atoms. The Bertz CT molecular complexity index is 603. The van der Waals surface area contributed by atoms with Crippen molar-refractivity contribution in [1.29, 1.82) is 0 Å². The normalized spacial score (nSPS) is 11.6. The summed E-state index contributed by atoms with van der Waals surface area (Å²) in [7, 11) is -3.48. The summed E-state index contributed by atoms with van der Waals surface area (Å²) in [6.45, 7) is 3.55. The highest BCUT2D eigenvalue weighted by Gasteiger charge is 2.19. The summed E-state index contributed by atoms with van der Waals surface area (Å²) in [5.41, 5.74) is 0.615. The van der Waals surface area contributed by atoms with Gasteiger partial charge in [0.05, 0.1) is 5.69 Å². The van der Waals surface area contributed by atoms with Gasteiger partial charge < -0.3 is 5.32 Å². The lowest BCUT2D eigenvalue weighted by atomic mass is 10.4. The van der Waals surface area contributed by atoms with Crippen LogP contribution in [0.2, 0.25) is 0 Å². The van der Waals surface area contributed by atoms with Gasteiger partial charge in [0.15, 0.2) is 0 Å². The Morgan fingerprint density at radius 3 is 2.79 bits per heavy atom. The molecular formula is C12H16N2O2S3. The van der Waals surface area contributed by atoms with Crippen LogP contribution in [0.1, 0.15) is 18.2 Å². The van der Waals surface area contributed by atoms with E-state index >= 15 is 0 Å². The van der Waals surface area contributed by atoms with E-state index in [0.717, 1.165) is 17.8 Å². The first-order valence-corrected chi connectivity index (χ1v) is 9.26. The van der Waals surface area contributed by atoms with Crippen molar-refractivity contribution in [1.82, 2.24) is 5.32 Å². The zero-order valence-electron chi connectivity index (χ0n) is 10.5. The van der Waals surface area contributed by atoms with Crippen LogP contribution in [0.5, 0.6) is 0 Å². The SMILES string of the molecule is CCCNCc1sccc1S(=O)(=O)Nc1ccsc1. The average Bonchev–Trinajstić information content (AvgIpc) is 3.00. The molecular weight excluding hydrogens is 300 g/mol. The Kier molecular flexibility index (Phi) is 4.98. The van der Waals surface area contributed by atoms with Crippen molar-refractivity contribution in [2.24, 2.45) is 0 Å². The molecule has 2 rings (SSSR count). The van der Waals surface area contributed by atoms with E-state index in [2.05, 4.69) is 17.0 Å². The highest BCUT2D eigenvalue weighted by atomic mass is 32.2. The largest absolute Gasteiger partial charge is 0.312 e. The molecule has 0 aliphatic heterocycles. The fourth-order valence-electron chi connectivity index (χ4n) is 1.61. The molecule has 0 unspecified atom stereocenters. The van der Waals surface area contributed by atoms with Crippen LogP contribution in [-0.4, -0.2) is 15.0 Å². The monoisotopic (exact) mass is 316 g/mol. The molecule has 7 heteroatoms. The topological polar surface area (TPSA) is 58.2 Å². The number of hydrogen-bond acceptors (Lipinski definition) is 5. The third-order valence-electron chi connectivity index (χ3n) is 2.48. The Balaban J connectivity index is 2.14. The quantitative estimate of drug-likeness (QED) is 0.772. The Morgan fingerprint density at radius 1 is 1.26 bits per heavy atom. The van der Waals surface area contributed by atoms with Crippen molar-refractivity contribution in [3.05, 3.63) is 33.2 Å². The van der Waals surface area contributed by atoms with E-state index in [-0.39, 0.29) is 0 Å². The maximum atomic E-state index is 12.3. The third kappa shape index (κ3) is 3.79. The summed E-state index contributed by atoms with van der Waals surface area (Å²) in [4.78, 5) is 1.21. The third-order valence-corrected chi connectivity index (χ3v) is 5.68. The van der Waals surface area contributed by atoms with Gasteiger partial charge in [0.1, 0.15) is 4.90 Å². The Morgan fingerprint density at radius 2 is 2.11 bits per heavy atom. The molecule has 0 amide bonds. The molecule has 0 aromatic carbocycles. The molecule has 2 N–H and O–H groups in total. The van der Waals surface area contributed by atoms with Crippen molar-refractivity contribution < 1.29 is 8.42 Å². The van der Waals surface area contributed by atoms with Gasteiger partial charge in [-0.15, -0.1) is 11.3 Å². The molecule has 0 bridgehead atoms.